The first kappa shape index (κ1) is 14.4. The number of hydrogen-bond acceptors (Lipinski definition) is 3. The molecule has 1 amide bonds. The molecule has 0 aliphatic heterocycles. The van der Waals surface area contributed by atoms with Gasteiger partial charge >= 0.3 is 0 Å². The number of nitrogens with one attached hydrogen (secondary N) is 1. The number of ether oxygens (including phenoxy) is 1. The Morgan fingerprint density at radius 2 is 2.28 bits per heavy atom. The van der Waals surface area contributed by atoms with Gasteiger partial charge in [0.25, 0.3) is 0 Å². The first-order valence-corrected chi connectivity index (χ1v) is 5.96. The highest BCUT2D eigenvalue weighted by molar-refractivity contribution is 5.94. The number of nitrogens with two attached hydrogens (primary N) is 1. The first-order valence-electron chi connectivity index (χ1n) is 5.96. The molecule has 0 radical (unpaired) electrons. The summed E-state index contributed by atoms with van der Waals surface area (Å²) in [7, 11) is 1.43. The van der Waals surface area contributed by atoms with Crippen molar-refractivity contribution < 1.29 is 13.9 Å². The molecule has 100 valence electrons. The summed E-state index contributed by atoms with van der Waals surface area (Å²) in [5, 5.41) is 2.71. The second kappa shape index (κ2) is 6.96. The zero-order valence-corrected chi connectivity index (χ0v) is 10.7. The summed E-state index contributed by atoms with van der Waals surface area (Å²) in [6, 6.07) is 3.98. The average molecular weight is 254 g/mol. The molecule has 1 unspecified atom stereocenters. The smallest absolute Gasteiger partial charge is 0.228 e. The number of hydrogen-bond donors (Lipinski definition) is 2. The van der Waals surface area contributed by atoms with E-state index in [9.17, 15) is 9.18 Å². The Labute approximate surface area is 106 Å². The maximum absolute atomic E-state index is 13.0. The summed E-state index contributed by atoms with van der Waals surface area (Å²) in [5.74, 6) is -0.501. The zero-order chi connectivity index (χ0) is 13.5. The number of amides is 1. The lowest BCUT2D eigenvalue weighted by atomic mass is 10.0. The van der Waals surface area contributed by atoms with Crippen molar-refractivity contribution in [2.24, 2.45) is 11.7 Å². The molecule has 0 aliphatic carbocycles. The largest absolute Gasteiger partial charge is 0.494 e. The number of carbonyl (C=O) groups excluding carboxylic acids is 1. The van der Waals surface area contributed by atoms with E-state index in [0.29, 0.717) is 18.0 Å². The van der Waals surface area contributed by atoms with Crippen LogP contribution in [0, 0.1) is 11.7 Å². The lowest BCUT2D eigenvalue weighted by Crippen LogP contribution is -2.29. The summed E-state index contributed by atoms with van der Waals surface area (Å²) in [5.41, 5.74) is 6.01. The molecule has 0 aliphatic rings. The van der Waals surface area contributed by atoms with Crippen molar-refractivity contribution in [3.63, 3.8) is 0 Å². The Morgan fingerprint density at radius 3 is 2.83 bits per heavy atom. The molecule has 1 atom stereocenters. The highest BCUT2D eigenvalue weighted by Crippen LogP contribution is 2.25. The molecule has 1 aromatic carbocycles. The minimum atomic E-state index is -0.409. The third-order valence-corrected chi connectivity index (χ3v) is 2.71. The van der Waals surface area contributed by atoms with Crippen molar-refractivity contribution in [1.82, 2.24) is 0 Å². The van der Waals surface area contributed by atoms with Crippen LogP contribution < -0.4 is 15.8 Å². The summed E-state index contributed by atoms with van der Waals surface area (Å²) >= 11 is 0. The van der Waals surface area contributed by atoms with E-state index in [4.69, 9.17) is 10.5 Å². The molecule has 3 N–H and O–H groups in total. The third kappa shape index (κ3) is 3.70. The Hall–Kier alpha value is -1.62. The highest BCUT2D eigenvalue weighted by atomic mass is 19.1. The summed E-state index contributed by atoms with van der Waals surface area (Å²) in [6.07, 6.45) is 1.61. The van der Waals surface area contributed by atoms with Gasteiger partial charge in [-0.2, -0.15) is 0 Å². The van der Waals surface area contributed by atoms with E-state index in [2.05, 4.69) is 5.32 Å². The van der Waals surface area contributed by atoms with Crippen LogP contribution in [0.5, 0.6) is 5.75 Å². The molecule has 0 saturated carbocycles. The molecular weight excluding hydrogens is 235 g/mol. The fraction of sp³-hybridized carbons (Fsp3) is 0.462. The fourth-order valence-electron chi connectivity index (χ4n) is 1.71. The summed E-state index contributed by atoms with van der Waals surface area (Å²) in [6.45, 7) is 2.29. The van der Waals surface area contributed by atoms with Gasteiger partial charge in [0.1, 0.15) is 11.6 Å². The molecule has 0 saturated heterocycles. The second-order valence-electron chi connectivity index (χ2n) is 4.06. The summed E-state index contributed by atoms with van der Waals surface area (Å²) < 4.78 is 18.0. The quantitative estimate of drug-likeness (QED) is 0.817. The van der Waals surface area contributed by atoms with Crippen LogP contribution >= 0.6 is 0 Å². The SMILES string of the molecule is CCCC(CN)C(=O)Nc1ccc(F)cc1OC. The van der Waals surface area contributed by atoms with Gasteiger partial charge < -0.3 is 15.8 Å². The van der Waals surface area contributed by atoms with Crippen LogP contribution in [0.4, 0.5) is 10.1 Å². The van der Waals surface area contributed by atoms with E-state index in [1.54, 1.807) is 0 Å². The van der Waals surface area contributed by atoms with E-state index >= 15 is 0 Å². The number of benzene rings is 1. The van der Waals surface area contributed by atoms with Crippen LogP contribution in [-0.4, -0.2) is 19.6 Å². The maximum Gasteiger partial charge on any atom is 0.228 e. The first-order chi connectivity index (χ1) is 8.62. The number of halogens is 1. The van der Waals surface area contributed by atoms with Gasteiger partial charge in [-0.1, -0.05) is 13.3 Å². The van der Waals surface area contributed by atoms with E-state index < -0.39 is 5.82 Å². The normalized spacial score (nSPS) is 12.0. The molecule has 0 heterocycles. The minimum absolute atomic E-state index is 0.163. The van der Waals surface area contributed by atoms with Crippen LogP contribution in [0.3, 0.4) is 0 Å². The highest BCUT2D eigenvalue weighted by Gasteiger charge is 2.17. The van der Waals surface area contributed by atoms with Crippen molar-refractivity contribution >= 4 is 11.6 Å². The van der Waals surface area contributed by atoms with Crippen molar-refractivity contribution in [2.75, 3.05) is 19.0 Å². The second-order valence-corrected chi connectivity index (χ2v) is 4.06. The Morgan fingerprint density at radius 1 is 1.56 bits per heavy atom. The minimum Gasteiger partial charge on any atom is -0.494 e. The van der Waals surface area contributed by atoms with Crippen molar-refractivity contribution in [3.8, 4) is 5.75 Å². The molecule has 0 aromatic heterocycles. The van der Waals surface area contributed by atoms with Crippen LogP contribution in [-0.2, 0) is 4.79 Å². The maximum atomic E-state index is 13.0. The van der Waals surface area contributed by atoms with Gasteiger partial charge in [0.15, 0.2) is 0 Å². The third-order valence-electron chi connectivity index (χ3n) is 2.71. The number of methoxy groups -OCH3 is 1. The van der Waals surface area contributed by atoms with Gasteiger partial charge in [-0.25, -0.2) is 4.39 Å². The topological polar surface area (TPSA) is 64.4 Å². The molecule has 5 heteroatoms. The molecule has 0 fully saturated rings. The number of rotatable bonds is 6. The molecule has 0 bridgehead atoms. The van der Waals surface area contributed by atoms with Crippen LogP contribution in [0.1, 0.15) is 19.8 Å². The van der Waals surface area contributed by atoms with E-state index in [0.717, 1.165) is 12.8 Å². The Kier molecular flexibility index (Phi) is 5.58. The van der Waals surface area contributed by atoms with E-state index in [1.165, 1.54) is 25.3 Å². The lowest BCUT2D eigenvalue weighted by molar-refractivity contribution is -0.119. The lowest BCUT2D eigenvalue weighted by Gasteiger charge is -2.15. The molecule has 1 rings (SSSR count). The van der Waals surface area contributed by atoms with Crippen molar-refractivity contribution in [1.29, 1.82) is 0 Å². The van der Waals surface area contributed by atoms with Gasteiger partial charge in [-0.05, 0) is 18.6 Å². The fourth-order valence-corrected chi connectivity index (χ4v) is 1.71. The van der Waals surface area contributed by atoms with Crippen LogP contribution in [0.15, 0.2) is 18.2 Å². The van der Waals surface area contributed by atoms with Gasteiger partial charge in [0.2, 0.25) is 5.91 Å². The van der Waals surface area contributed by atoms with Gasteiger partial charge in [-0.3, -0.25) is 4.79 Å². The van der Waals surface area contributed by atoms with E-state index in [1.807, 2.05) is 6.92 Å². The van der Waals surface area contributed by atoms with Crippen molar-refractivity contribution in [3.05, 3.63) is 24.0 Å². The number of carbonyl (C=O) groups is 1. The predicted molar refractivity (Wildman–Crippen MR) is 69.0 cm³/mol. The number of anilines is 1. The van der Waals surface area contributed by atoms with Gasteiger partial charge in [0.05, 0.1) is 18.7 Å². The Balaban J connectivity index is 2.80. The van der Waals surface area contributed by atoms with E-state index in [-0.39, 0.29) is 11.8 Å². The van der Waals surface area contributed by atoms with Gasteiger partial charge in [-0.15, -0.1) is 0 Å². The van der Waals surface area contributed by atoms with Gasteiger partial charge in [0, 0.05) is 12.6 Å². The monoisotopic (exact) mass is 254 g/mol. The van der Waals surface area contributed by atoms with Crippen LogP contribution in [0.2, 0.25) is 0 Å². The molecule has 4 nitrogen and oxygen atoms in total. The average Bonchev–Trinajstić information content (AvgIpc) is 2.37. The standard InChI is InChI=1S/C13H19FN2O2/c1-3-4-9(8-15)13(17)16-11-6-5-10(14)7-12(11)18-2/h5-7,9H,3-4,8,15H2,1-2H3,(H,16,17). The Bertz CT molecular complexity index is 410. The zero-order valence-electron chi connectivity index (χ0n) is 10.7. The predicted octanol–water partition coefficient (Wildman–Crippen LogP) is 2.15. The molecular formula is C13H19FN2O2. The van der Waals surface area contributed by atoms with Crippen molar-refractivity contribution in [2.45, 2.75) is 19.8 Å². The molecule has 0 spiro atoms. The van der Waals surface area contributed by atoms with Crippen LogP contribution in [0.25, 0.3) is 0 Å². The summed E-state index contributed by atoms with van der Waals surface area (Å²) in [4.78, 5) is 11.9. The molecule has 1 aromatic rings. The molecule has 18 heavy (non-hydrogen) atoms.